The third-order valence-electron chi connectivity index (χ3n) is 2.23. The van der Waals surface area contributed by atoms with Gasteiger partial charge in [-0.15, -0.1) is 6.42 Å². The Kier molecular flexibility index (Phi) is 4.69. The SMILES string of the molecule is C#CCN1CN(CC#N)CN(CC#N)C1F. The van der Waals surface area contributed by atoms with Crippen LogP contribution >= 0.6 is 0 Å². The van der Waals surface area contributed by atoms with Gasteiger partial charge in [-0.25, -0.2) is 14.2 Å². The summed E-state index contributed by atoms with van der Waals surface area (Å²) >= 11 is 0. The highest BCUT2D eigenvalue weighted by Crippen LogP contribution is 2.14. The first-order valence-corrected chi connectivity index (χ1v) is 4.74. The topological polar surface area (TPSA) is 57.3 Å². The Balaban J connectivity index is 2.69. The van der Waals surface area contributed by atoms with Gasteiger partial charge in [0.25, 0.3) is 0 Å². The number of nitriles is 2. The molecule has 0 aliphatic carbocycles. The number of rotatable bonds is 3. The predicted molar refractivity (Wildman–Crippen MR) is 54.8 cm³/mol. The van der Waals surface area contributed by atoms with Gasteiger partial charge >= 0.3 is 0 Å². The quantitative estimate of drug-likeness (QED) is 0.374. The fourth-order valence-electron chi connectivity index (χ4n) is 1.58. The van der Waals surface area contributed by atoms with Crippen molar-refractivity contribution in [1.29, 1.82) is 10.5 Å². The molecule has 0 N–H and O–H groups in total. The molecule has 1 saturated heterocycles. The summed E-state index contributed by atoms with van der Waals surface area (Å²) in [5.41, 5.74) is 0. The predicted octanol–water partition coefficient (Wildman–Crippen LogP) is -0.246. The normalized spacial score (nSPS) is 23.2. The van der Waals surface area contributed by atoms with Crippen molar-refractivity contribution in [3.05, 3.63) is 0 Å². The molecule has 0 aromatic rings. The zero-order chi connectivity index (χ0) is 12.0. The maximum absolute atomic E-state index is 13.8. The maximum atomic E-state index is 13.8. The van der Waals surface area contributed by atoms with E-state index in [4.69, 9.17) is 16.9 Å². The second-order valence-electron chi connectivity index (χ2n) is 3.44. The van der Waals surface area contributed by atoms with E-state index < -0.39 is 6.42 Å². The van der Waals surface area contributed by atoms with E-state index in [9.17, 15) is 4.39 Å². The van der Waals surface area contributed by atoms with Crippen LogP contribution in [0.15, 0.2) is 0 Å². The summed E-state index contributed by atoms with van der Waals surface area (Å²) in [6, 6.07) is 3.88. The van der Waals surface area contributed by atoms with Crippen molar-refractivity contribution < 1.29 is 4.39 Å². The Morgan fingerprint density at radius 1 is 1.12 bits per heavy atom. The highest BCUT2D eigenvalue weighted by atomic mass is 19.1. The van der Waals surface area contributed by atoms with Crippen molar-refractivity contribution in [3.63, 3.8) is 0 Å². The van der Waals surface area contributed by atoms with E-state index in [1.54, 1.807) is 4.90 Å². The van der Waals surface area contributed by atoms with Crippen molar-refractivity contribution in [2.24, 2.45) is 0 Å². The Bertz CT molecular complexity index is 324. The lowest BCUT2D eigenvalue weighted by molar-refractivity contribution is -0.129. The Labute approximate surface area is 94.2 Å². The van der Waals surface area contributed by atoms with Crippen LogP contribution in [0.3, 0.4) is 0 Å². The van der Waals surface area contributed by atoms with E-state index >= 15 is 0 Å². The first-order chi connectivity index (χ1) is 7.72. The van der Waals surface area contributed by atoms with E-state index in [0.717, 1.165) is 0 Å². The molecule has 0 aromatic carbocycles. The highest BCUT2D eigenvalue weighted by Gasteiger charge is 2.32. The molecule has 1 unspecified atom stereocenters. The standard InChI is InChI=1S/C10H12FN5/c1-2-5-15-8-14(6-3-12)9-16(7-4-13)10(15)11/h1,10H,5-9H2. The zero-order valence-corrected chi connectivity index (χ0v) is 8.80. The number of alkyl halides is 1. The second-order valence-corrected chi connectivity index (χ2v) is 3.44. The molecule has 84 valence electrons. The monoisotopic (exact) mass is 221 g/mol. The molecule has 0 aromatic heterocycles. The van der Waals surface area contributed by atoms with Crippen LogP contribution in [0.25, 0.3) is 0 Å². The molecule has 1 rings (SSSR count). The lowest BCUT2D eigenvalue weighted by Gasteiger charge is -2.42. The van der Waals surface area contributed by atoms with Gasteiger partial charge in [-0.2, -0.15) is 10.5 Å². The largest absolute Gasteiger partial charge is 0.264 e. The smallest absolute Gasteiger partial charge is 0.213 e. The summed E-state index contributed by atoms with van der Waals surface area (Å²) in [5, 5.41) is 17.2. The maximum Gasteiger partial charge on any atom is 0.213 e. The van der Waals surface area contributed by atoms with Gasteiger partial charge in [-0.1, -0.05) is 5.92 Å². The number of nitrogens with zero attached hydrogens (tertiary/aromatic N) is 5. The molecule has 1 fully saturated rings. The summed E-state index contributed by atoms with van der Waals surface area (Å²) in [6.45, 7) is 0.898. The molecule has 6 heteroatoms. The summed E-state index contributed by atoms with van der Waals surface area (Å²) in [4.78, 5) is 4.46. The van der Waals surface area contributed by atoms with Gasteiger partial charge in [0.2, 0.25) is 6.42 Å². The van der Waals surface area contributed by atoms with Crippen molar-refractivity contribution in [2.45, 2.75) is 6.42 Å². The highest BCUT2D eigenvalue weighted by molar-refractivity contribution is 4.92. The Morgan fingerprint density at radius 3 is 2.19 bits per heavy atom. The average Bonchev–Trinajstić information content (AvgIpc) is 2.26. The number of hydrogen-bond acceptors (Lipinski definition) is 5. The van der Waals surface area contributed by atoms with Crippen molar-refractivity contribution in [1.82, 2.24) is 14.7 Å². The molecule has 1 heterocycles. The average molecular weight is 221 g/mol. The van der Waals surface area contributed by atoms with E-state index in [-0.39, 0.29) is 26.3 Å². The van der Waals surface area contributed by atoms with Gasteiger partial charge < -0.3 is 0 Å². The number of halogens is 1. The van der Waals surface area contributed by atoms with Crippen molar-refractivity contribution in [3.8, 4) is 24.5 Å². The van der Waals surface area contributed by atoms with Crippen LogP contribution in [-0.4, -0.2) is 54.1 Å². The van der Waals surface area contributed by atoms with Crippen LogP contribution in [0.4, 0.5) is 4.39 Å². The van der Waals surface area contributed by atoms with Crippen LogP contribution in [0, 0.1) is 35.0 Å². The lowest BCUT2D eigenvalue weighted by Crippen LogP contribution is -2.59. The molecule has 16 heavy (non-hydrogen) atoms. The van der Waals surface area contributed by atoms with Crippen LogP contribution < -0.4 is 0 Å². The minimum absolute atomic E-state index is 0.0236. The molecule has 0 amide bonds. The van der Waals surface area contributed by atoms with Gasteiger partial charge in [0.05, 0.1) is 45.1 Å². The molecular weight excluding hydrogens is 209 g/mol. The molecule has 1 aliphatic rings. The molecule has 0 bridgehead atoms. The lowest BCUT2D eigenvalue weighted by atomic mass is 10.4. The molecule has 0 spiro atoms. The molecular formula is C10H12FN5. The fourth-order valence-corrected chi connectivity index (χ4v) is 1.58. The molecule has 1 aliphatic heterocycles. The van der Waals surface area contributed by atoms with Gasteiger partial charge in [0, 0.05) is 0 Å². The molecule has 0 radical (unpaired) electrons. The number of hydrogen-bond donors (Lipinski definition) is 0. The van der Waals surface area contributed by atoms with E-state index in [1.807, 2.05) is 12.1 Å². The zero-order valence-electron chi connectivity index (χ0n) is 8.80. The summed E-state index contributed by atoms with van der Waals surface area (Å²) in [6.07, 6.45) is 3.78. The minimum atomic E-state index is -1.36. The van der Waals surface area contributed by atoms with E-state index in [1.165, 1.54) is 9.80 Å². The van der Waals surface area contributed by atoms with E-state index in [0.29, 0.717) is 6.67 Å². The molecule has 0 saturated carbocycles. The third-order valence-corrected chi connectivity index (χ3v) is 2.23. The first-order valence-electron chi connectivity index (χ1n) is 4.74. The Hall–Kier alpha value is -1.65. The fraction of sp³-hybridized carbons (Fsp3) is 0.600. The van der Waals surface area contributed by atoms with Gasteiger partial charge in [0.15, 0.2) is 0 Å². The second kappa shape index (κ2) is 6.05. The summed E-state index contributed by atoms with van der Waals surface area (Å²) in [5.74, 6) is 2.36. The van der Waals surface area contributed by atoms with Crippen LogP contribution in [0.1, 0.15) is 0 Å². The van der Waals surface area contributed by atoms with Gasteiger partial charge in [-0.05, 0) is 0 Å². The first kappa shape index (κ1) is 12.4. The molecule has 5 nitrogen and oxygen atoms in total. The van der Waals surface area contributed by atoms with Crippen molar-refractivity contribution in [2.75, 3.05) is 33.0 Å². The van der Waals surface area contributed by atoms with Crippen molar-refractivity contribution >= 4 is 0 Å². The minimum Gasteiger partial charge on any atom is -0.264 e. The molecule has 1 atom stereocenters. The summed E-state index contributed by atoms with van der Waals surface area (Å²) < 4.78 is 13.8. The number of terminal acetylenes is 1. The van der Waals surface area contributed by atoms with E-state index in [2.05, 4.69) is 5.92 Å². The van der Waals surface area contributed by atoms with Crippen LogP contribution in [0.2, 0.25) is 0 Å². The van der Waals surface area contributed by atoms with Crippen LogP contribution in [-0.2, 0) is 0 Å². The van der Waals surface area contributed by atoms with Crippen LogP contribution in [0.5, 0.6) is 0 Å². The third kappa shape index (κ3) is 2.92. The van der Waals surface area contributed by atoms with Gasteiger partial charge in [0.1, 0.15) is 0 Å². The Morgan fingerprint density at radius 2 is 1.69 bits per heavy atom. The summed E-state index contributed by atoms with van der Waals surface area (Å²) in [7, 11) is 0. The van der Waals surface area contributed by atoms with Gasteiger partial charge in [-0.3, -0.25) is 4.90 Å².